The lowest BCUT2D eigenvalue weighted by atomic mass is 9.96. The highest BCUT2D eigenvalue weighted by atomic mass is 32.2. The van der Waals surface area contributed by atoms with Crippen molar-refractivity contribution in [3.05, 3.63) is 29.8 Å². The average Bonchev–Trinajstić information content (AvgIpc) is 2.53. The monoisotopic (exact) mass is 308 g/mol. The molecule has 116 valence electrons. The van der Waals surface area contributed by atoms with Crippen molar-refractivity contribution in [3.8, 4) is 0 Å². The van der Waals surface area contributed by atoms with Crippen LogP contribution in [0.5, 0.6) is 0 Å². The maximum atomic E-state index is 12.7. The largest absolute Gasteiger partial charge is 0.317 e. The van der Waals surface area contributed by atoms with Crippen molar-refractivity contribution in [2.45, 2.75) is 32.1 Å². The van der Waals surface area contributed by atoms with Crippen LogP contribution in [-0.4, -0.2) is 33.8 Å². The number of nitrogens with one attached hydrogen (secondary N) is 1. The molecule has 1 fully saturated rings. The second kappa shape index (κ2) is 6.36. The first-order valence-corrected chi connectivity index (χ1v) is 9.57. The van der Waals surface area contributed by atoms with Gasteiger partial charge in [-0.2, -0.15) is 0 Å². The summed E-state index contributed by atoms with van der Waals surface area (Å²) in [6.07, 6.45) is 4.90. The topological polar surface area (TPSA) is 49.4 Å². The van der Waals surface area contributed by atoms with Gasteiger partial charge in [-0.3, -0.25) is 4.31 Å². The Morgan fingerprint density at radius 2 is 1.95 bits per heavy atom. The molecule has 1 saturated heterocycles. The summed E-state index contributed by atoms with van der Waals surface area (Å²) < 4.78 is 27.0. The van der Waals surface area contributed by atoms with Crippen LogP contribution >= 0.6 is 0 Å². The first-order valence-electron chi connectivity index (χ1n) is 7.96. The van der Waals surface area contributed by atoms with E-state index >= 15 is 0 Å². The molecular formula is C16H24N2O2S. The van der Waals surface area contributed by atoms with Gasteiger partial charge < -0.3 is 5.32 Å². The van der Waals surface area contributed by atoms with Crippen molar-refractivity contribution in [1.82, 2.24) is 5.32 Å². The van der Waals surface area contributed by atoms with E-state index in [2.05, 4.69) is 5.32 Å². The summed E-state index contributed by atoms with van der Waals surface area (Å²) in [6.45, 7) is 2.68. The van der Waals surface area contributed by atoms with E-state index in [-0.39, 0.29) is 5.75 Å². The summed E-state index contributed by atoms with van der Waals surface area (Å²) >= 11 is 0. The Bertz CT molecular complexity index is 580. The molecule has 0 radical (unpaired) electrons. The average molecular weight is 308 g/mol. The molecule has 0 aromatic heterocycles. The molecule has 2 heterocycles. The number of hydrogen-bond donors (Lipinski definition) is 1. The van der Waals surface area contributed by atoms with Gasteiger partial charge in [0.1, 0.15) is 0 Å². The van der Waals surface area contributed by atoms with E-state index in [0.717, 1.165) is 56.4 Å². The van der Waals surface area contributed by atoms with Gasteiger partial charge in [0, 0.05) is 6.54 Å². The van der Waals surface area contributed by atoms with Crippen LogP contribution in [0.3, 0.4) is 0 Å². The Kier molecular flexibility index (Phi) is 4.50. The highest BCUT2D eigenvalue weighted by molar-refractivity contribution is 7.92. The number of aryl methyl sites for hydroxylation is 1. The fraction of sp³-hybridized carbons (Fsp3) is 0.625. The zero-order valence-corrected chi connectivity index (χ0v) is 13.2. The van der Waals surface area contributed by atoms with Gasteiger partial charge in [0.25, 0.3) is 0 Å². The summed E-state index contributed by atoms with van der Waals surface area (Å²) in [7, 11) is -3.18. The molecule has 1 aromatic rings. The molecule has 0 bridgehead atoms. The van der Waals surface area contributed by atoms with Gasteiger partial charge in [0.05, 0.1) is 11.4 Å². The summed E-state index contributed by atoms with van der Waals surface area (Å²) in [6, 6.07) is 7.91. The van der Waals surface area contributed by atoms with Crippen LogP contribution in [0.15, 0.2) is 24.3 Å². The Hall–Kier alpha value is -1.07. The molecule has 4 nitrogen and oxygen atoms in total. The van der Waals surface area contributed by atoms with Crippen LogP contribution in [-0.2, 0) is 16.4 Å². The maximum absolute atomic E-state index is 12.7. The number of fused-ring (bicyclic) bond motifs is 1. The smallest absolute Gasteiger partial charge is 0.235 e. The minimum absolute atomic E-state index is 0.284. The summed E-state index contributed by atoms with van der Waals surface area (Å²) in [4.78, 5) is 0. The quantitative estimate of drug-likeness (QED) is 0.927. The molecule has 2 aliphatic rings. The second-order valence-electron chi connectivity index (χ2n) is 6.10. The summed E-state index contributed by atoms with van der Waals surface area (Å²) in [5, 5.41) is 3.33. The fourth-order valence-corrected chi connectivity index (χ4v) is 5.12. The van der Waals surface area contributed by atoms with Crippen LogP contribution in [0.4, 0.5) is 5.69 Å². The minimum atomic E-state index is -3.18. The Morgan fingerprint density at radius 3 is 2.76 bits per heavy atom. The van der Waals surface area contributed by atoms with Crippen LogP contribution in [0.2, 0.25) is 0 Å². The van der Waals surface area contributed by atoms with Crippen molar-refractivity contribution in [2.24, 2.45) is 5.92 Å². The van der Waals surface area contributed by atoms with Gasteiger partial charge in [-0.05, 0) is 62.7 Å². The second-order valence-corrected chi connectivity index (χ2v) is 8.12. The normalized spacial score (nSPS) is 20.3. The van der Waals surface area contributed by atoms with Crippen LogP contribution in [0, 0.1) is 5.92 Å². The summed E-state index contributed by atoms with van der Waals surface area (Å²) in [5.41, 5.74) is 2.06. The molecular weight excluding hydrogens is 284 g/mol. The first kappa shape index (κ1) is 14.9. The van der Waals surface area contributed by atoms with E-state index in [9.17, 15) is 8.42 Å². The minimum Gasteiger partial charge on any atom is -0.317 e. The third kappa shape index (κ3) is 3.40. The van der Waals surface area contributed by atoms with Gasteiger partial charge in [-0.1, -0.05) is 18.2 Å². The molecule has 0 saturated carbocycles. The van der Waals surface area contributed by atoms with Crippen LogP contribution in [0.25, 0.3) is 0 Å². The zero-order valence-electron chi connectivity index (χ0n) is 12.4. The standard InChI is InChI=1S/C16H24N2O2S/c19-21(20,13-9-14-7-10-17-11-8-14)18-12-3-5-15-4-1-2-6-16(15)18/h1-2,4,6,14,17H,3,5,7-13H2. The number of nitrogens with zero attached hydrogens (tertiary/aromatic N) is 1. The molecule has 0 atom stereocenters. The first-order chi connectivity index (χ1) is 10.2. The summed E-state index contributed by atoms with van der Waals surface area (Å²) in [5.74, 6) is 0.840. The predicted molar refractivity (Wildman–Crippen MR) is 86.1 cm³/mol. The third-order valence-electron chi connectivity index (χ3n) is 4.65. The maximum Gasteiger partial charge on any atom is 0.235 e. The highest BCUT2D eigenvalue weighted by Crippen LogP contribution is 2.30. The molecule has 0 aliphatic carbocycles. The van der Waals surface area contributed by atoms with E-state index in [1.165, 1.54) is 0 Å². The molecule has 1 N–H and O–H groups in total. The number of anilines is 1. The van der Waals surface area contributed by atoms with Crippen molar-refractivity contribution in [2.75, 3.05) is 29.7 Å². The molecule has 2 aliphatic heterocycles. The van der Waals surface area contributed by atoms with Crippen molar-refractivity contribution >= 4 is 15.7 Å². The fourth-order valence-electron chi connectivity index (χ4n) is 3.38. The Labute approximate surface area is 127 Å². The zero-order chi connectivity index (χ0) is 14.7. The van der Waals surface area contributed by atoms with Crippen molar-refractivity contribution < 1.29 is 8.42 Å². The van der Waals surface area contributed by atoms with Gasteiger partial charge in [0.15, 0.2) is 0 Å². The van der Waals surface area contributed by atoms with Crippen molar-refractivity contribution in [3.63, 3.8) is 0 Å². The van der Waals surface area contributed by atoms with E-state index in [1.54, 1.807) is 4.31 Å². The number of sulfonamides is 1. The predicted octanol–water partition coefficient (Wildman–Crippen LogP) is 2.16. The number of hydrogen-bond acceptors (Lipinski definition) is 3. The Morgan fingerprint density at radius 1 is 1.19 bits per heavy atom. The molecule has 0 spiro atoms. The molecule has 5 heteroatoms. The molecule has 1 aromatic carbocycles. The van der Waals surface area contributed by atoms with Crippen LogP contribution < -0.4 is 9.62 Å². The lowest BCUT2D eigenvalue weighted by molar-refractivity contribution is 0.365. The number of benzene rings is 1. The van der Waals surface area contributed by atoms with E-state index in [0.29, 0.717) is 12.5 Å². The number of piperidine rings is 1. The SMILES string of the molecule is O=S(=O)(CCC1CCNCC1)N1CCCc2ccccc21. The highest BCUT2D eigenvalue weighted by Gasteiger charge is 2.28. The lowest BCUT2D eigenvalue weighted by Crippen LogP contribution is -2.38. The molecule has 21 heavy (non-hydrogen) atoms. The number of para-hydroxylation sites is 1. The third-order valence-corrected chi connectivity index (χ3v) is 6.45. The molecule has 0 unspecified atom stereocenters. The Balaban J connectivity index is 1.70. The molecule has 0 amide bonds. The van der Waals surface area contributed by atoms with E-state index in [1.807, 2.05) is 24.3 Å². The molecule has 3 rings (SSSR count). The van der Waals surface area contributed by atoms with Gasteiger partial charge in [-0.25, -0.2) is 8.42 Å². The van der Waals surface area contributed by atoms with Gasteiger partial charge in [0.2, 0.25) is 10.0 Å². The number of rotatable bonds is 4. The van der Waals surface area contributed by atoms with E-state index < -0.39 is 10.0 Å². The van der Waals surface area contributed by atoms with Crippen molar-refractivity contribution in [1.29, 1.82) is 0 Å². The van der Waals surface area contributed by atoms with Gasteiger partial charge >= 0.3 is 0 Å². The van der Waals surface area contributed by atoms with Crippen LogP contribution in [0.1, 0.15) is 31.2 Å². The van der Waals surface area contributed by atoms with Gasteiger partial charge in [-0.15, -0.1) is 0 Å². The lowest BCUT2D eigenvalue weighted by Gasteiger charge is -2.31. The van der Waals surface area contributed by atoms with E-state index in [4.69, 9.17) is 0 Å².